The third-order valence-corrected chi connectivity index (χ3v) is 5.20. The summed E-state index contributed by atoms with van der Waals surface area (Å²) < 4.78 is 6.93. The average Bonchev–Trinajstić information content (AvgIpc) is 2.38. The molecule has 0 fully saturated rings. The van der Waals surface area contributed by atoms with Crippen molar-refractivity contribution >= 4 is 15.9 Å². The molecule has 19 heavy (non-hydrogen) atoms. The Morgan fingerprint density at radius 2 is 1.68 bits per heavy atom. The van der Waals surface area contributed by atoms with Crippen LogP contribution in [0.25, 0.3) is 0 Å². The van der Waals surface area contributed by atoms with Crippen molar-refractivity contribution in [2.75, 3.05) is 20.7 Å². The van der Waals surface area contributed by atoms with Crippen LogP contribution in [-0.4, -0.2) is 20.7 Å². The quantitative estimate of drug-likeness (QED) is 0.868. The average molecular weight is 328 g/mol. The summed E-state index contributed by atoms with van der Waals surface area (Å²) in [5.74, 6) is 2.07. The molecular formula is C16H26BrNO. The van der Waals surface area contributed by atoms with E-state index in [-0.39, 0.29) is 0 Å². The van der Waals surface area contributed by atoms with Crippen molar-refractivity contribution < 1.29 is 4.74 Å². The third-order valence-electron chi connectivity index (χ3n) is 4.01. The molecule has 0 aliphatic rings. The third kappa shape index (κ3) is 3.14. The van der Waals surface area contributed by atoms with Gasteiger partial charge < -0.3 is 10.1 Å². The van der Waals surface area contributed by atoms with Crippen LogP contribution in [0, 0.1) is 26.7 Å². The van der Waals surface area contributed by atoms with Gasteiger partial charge in [0.15, 0.2) is 0 Å². The van der Waals surface area contributed by atoms with E-state index in [2.05, 4.69) is 55.9 Å². The zero-order valence-electron chi connectivity index (χ0n) is 13.1. The summed E-state index contributed by atoms with van der Waals surface area (Å²) in [4.78, 5) is 0. The fourth-order valence-corrected chi connectivity index (χ4v) is 3.22. The highest BCUT2D eigenvalue weighted by molar-refractivity contribution is 9.10. The minimum Gasteiger partial charge on any atom is -0.496 e. The van der Waals surface area contributed by atoms with Crippen LogP contribution in [0.1, 0.15) is 42.0 Å². The summed E-state index contributed by atoms with van der Waals surface area (Å²) in [6.45, 7) is 12.0. The van der Waals surface area contributed by atoms with E-state index in [1.165, 1.54) is 26.7 Å². The molecule has 3 heteroatoms. The van der Waals surface area contributed by atoms with Gasteiger partial charge in [-0.1, -0.05) is 29.8 Å². The molecule has 0 saturated carbocycles. The number of nitrogens with one attached hydrogen (secondary N) is 1. The molecule has 0 heterocycles. The van der Waals surface area contributed by atoms with Gasteiger partial charge in [0.1, 0.15) is 5.75 Å². The molecule has 0 spiro atoms. The van der Waals surface area contributed by atoms with Gasteiger partial charge in [-0.3, -0.25) is 0 Å². The van der Waals surface area contributed by atoms with Crippen molar-refractivity contribution in [3.63, 3.8) is 0 Å². The first-order valence-electron chi connectivity index (χ1n) is 6.84. The molecule has 0 bridgehead atoms. The molecule has 1 unspecified atom stereocenters. The van der Waals surface area contributed by atoms with Crippen LogP contribution >= 0.6 is 15.9 Å². The van der Waals surface area contributed by atoms with Crippen LogP contribution < -0.4 is 10.1 Å². The first kappa shape index (κ1) is 16.5. The number of methoxy groups -OCH3 is 1. The van der Waals surface area contributed by atoms with Gasteiger partial charge in [-0.05, 0) is 50.4 Å². The Bertz CT molecular complexity index is 455. The zero-order valence-corrected chi connectivity index (χ0v) is 14.7. The highest BCUT2D eigenvalue weighted by Crippen LogP contribution is 2.42. The molecule has 108 valence electrons. The van der Waals surface area contributed by atoms with Gasteiger partial charge in [-0.15, -0.1) is 0 Å². The summed E-state index contributed by atoms with van der Waals surface area (Å²) in [5.41, 5.74) is 5.14. The first-order valence-corrected chi connectivity index (χ1v) is 7.63. The summed E-state index contributed by atoms with van der Waals surface area (Å²) in [7, 11) is 3.78. The highest BCUT2D eigenvalue weighted by atomic mass is 79.9. The molecule has 1 N–H and O–H groups in total. The van der Waals surface area contributed by atoms with E-state index < -0.39 is 0 Å². The van der Waals surface area contributed by atoms with Crippen LogP contribution in [0.3, 0.4) is 0 Å². The monoisotopic (exact) mass is 327 g/mol. The Labute approximate surface area is 126 Å². The Kier molecular flexibility index (Phi) is 5.87. The van der Waals surface area contributed by atoms with Crippen LogP contribution in [0.2, 0.25) is 0 Å². The predicted octanol–water partition coefficient (Wildman–Crippen LogP) is 4.34. The van der Waals surface area contributed by atoms with Crippen molar-refractivity contribution in [1.82, 2.24) is 5.32 Å². The van der Waals surface area contributed by atoms with E-state index in [0.717, 1.165) is 12.3 Å². The normalized spacial score (nSPS) is 12.9. The molecule has 0 aromatic heterocycles. The Balaban J connectivity index is 3.55. The molecule has 0 radical (unpaired) electrons. The summed E-state index contributed by atoms with van der Waals surface area (Å²) in [6.07, 6.45) is 0. The van der Waals surface area contributed by atoms with Crippen molar-refractivity contribution in [1.29, 1.82) is 0 Å². The van der Waals surface area contributed by atoms with Gasteiger partial charge in [-0.2, -0.15) is 0 Å². The van der Waals surface area contributed by atoms with Crippen LogP contribution in [0.15, 0.2) is 4.47 Å². The smallest absolute Gasteiger partial charge is 0.125 e. The minimum atomic E-state index is 0.454. The van der Waals surface area contributed by atoms with Gasteiger partial charge in [0.05, 0.1) is 7.11 Å². The second kappa shape index (κ2) is 6.76. The lowest BCUT2D eigenvalue weighted by atomic mass is 9.83. The van der Waals surface area contributed by atoms with Crippen LogP contribution in [-0.2, 0) is 0 Å². The van der Waals surface area contributed by atoms with Crippen LogP contribution in [0.5, 0.6) is 5.75 Å². The number of hydrogen-bond acceptors (Lipinski definition) is 2. The second-order valence-electron chi connectivity index (χ2n) is 5.54. The zero-order chi connectivity index (χ0) is 14.7. The van der Waals surface area contributed by atoms with Gasteiger partial charge in [0.2, 0.25) is 0 Å². The number of ether oxygens (including phenoxy) is 1. The van der Waals surface area contributed by atoms with Crippen LogP contribution in [0.4, 0.5) is 0 Å². The SMILES string of the molecule is CNCC(c1c(C)c(Br)c(C)c(C)c1OC)C(C)C. The van der Waals surface area contributed by atoms with Crippen molar-refractivity contribution in [3.8, 4) is 5.75 Å². The molecule has 1 aromatic rings. The number of rotatable bonds is 5. The molecule has 1 rings (SSSR count). The van der Waals surface area contributed by atoms with Crippen molar-refractivity contribution in [2.24, 2.45) is 5.92 Å². The summed E-state index contributed by atoms with van der Waals surface area (Å²) >= 11 is 3.74. The maximum Gasteiger partial charge on any atom is 0.125 e. The maximum atomic E-state index is 5.72. The number of hydrogen-bond donors (Lipinski definition) is 1. The molecule has 2 nitrogen and oxygen atoms in total. The molecular weight excluding hydrogens is 302 g/mol. The maximum absolute atomic E-state index is 5.72. The molecule has 1 aromatic carbocycles. The Morgan fingerprint density at radius 3 is 2.11 bits per heavy atom. The summed E-state index contributed by atoms with van der Waals surface area (Å²) in [5, 5.41) is 3.31. The van der Waals surface area contributed by atoms with Gasteiger partial charge in [-0.25, -0.2) is 0 Å². The fraction of sp³-hybridized carbons (Fsp3) is 0.625. The first-order chi connectivity index (χ1) is 8.86. The van der Waals surface area contributed by atoms with Gasteiger partial charge in [0, 0.05) is 22.5 Å². The van der Waals surface area contributed by atoms with E-state index in [1.54, 1.807) is 7.11 Å². The van der Waals surface area contributed by atoms with E-state index in [4.69, 9.17) is 4.74 Å². The lowest BCUT2D eigenvalue weighted by molar-refractivity contribution is 0.387. The van der Waals surface area contributed by atoms with E-state index >= 15 is 0 Å². The lowest BCUT2D eigenvalue weighted by Gasteiger charge is -2.28. The van der Waals surface area contributed by atoms with Gasteiger partial charge >= 0.3 is 0 Å². The van der Waals surface area contributed by atoms with Gasteiger partial charge in [0.25, 0.3) is 0 Å². The Morgan fingerprint density at radius 1 is 1.11 bits per heavy atom. The summed E-state index contributed by atoms with van der Waals surface area (Å²) in [6, 6.07) is 0. The molecule has 0 aliphatic heterocycles. The topological polar surface area (TPSA) is 21.3 Å². The van der Waals surface area contributed by atoms with E-state index in [9.17, 15) is 0 Å². The standard InChI is InChI=1S/C16H26BrNO/c1-9(2)13(8-18-6)14-12(5)15(17)10(3)11(4)16(14)19-7/h9,13,18H,8H2,1-7H3. The predicted molar refractivity (Wildman–Crippen MR) is 86.4 cm³/mol. The molecule has 0 amide bonds. The number of likely N-dealkylation sites (N-methyl/N-ethyl adjacent to an activating group) is 1. The molecule has 0 aliphatic carbocycles. The number of halogens is 1. The number of benzene rings is 1. The molecule has 1 atom stereocenters. The minimum absolute atomic E-state index is 0.454. The van der Waals surface area contributed by atoms with Crippen molar-refractivity contribution in [2.45, 2.75) is 40.5 Å². The van der Waals surface area contributed by atoms with E-state index in [1.807, 2.05) is 7.05 Å². The second-order valence-corrected chi connectivity index (χ2v) is 6.34. The van der Waals surface area contributed by atoms with Crippen molar-refractivity contribution in [3.05, 3.63) is 26.7 Å². The Hall–Kier alpha value is -0.540. The fourth-order valence-electron chi connectivity index (χ4n) is 2.71. The van der Waals surface area contributed by atoms with E-state index in [0.29, 0.717) is 11.8 Å². The lowest BCUT2D eigenvalue weighted by Crippen LogP contribution is -2.23. The largest absolute Gasteiger partial charge is 0.496 e. The highest BCUT2D eigenvalue weighted by Gasteiger charge is 2.25. The molecule has 0 saturated heterocycles.